The van der Waals surface area contributed by atoms with Crippen LogP contribution >= 0.6 is 11.6 Å². The molecule has 1 rings (SSSR count). The average molecular weight is 270 g/mol. The minimum Gasteiger partial charge on any atom is -0.492 e. The van der Waals surface area contributed by atoms with Crippen LogP contribution in [-0.2, 0) is 4.79 Å². The summed E-state index contributed by atoms with van der Waals surface area (Å²) < 4.78 is 5.51. The summed E-state index contributed by atoms with van der Waals surface area (Å²) in [4.78, 5) is 11.2. The number of ether oxygens (including phenoxy) is 1. The normalized spacial score (nSPS) is 12.3. The van der Waals surface area contributed by atoms with Gasteiger partial charge < -0.3 is 10.1 Å². The van der Waals surface area contributed by atoms with Crippen LogP contribution in [0.5, 0.6) is 5.75 Å². The Balaban J connectivity index is 2.29. The smallest absolute Gasteiger partial charge is 0.237 e. The predicted octanol–water partition coefficient (Wildman–Crippen LogP) is 2.93. The predicted molar refractivity (Wildman–Crippen MR) is 74.4 cm³/mol. The minimum atomic E-state index is -0.504. The van der Waals surface area contributed by atoms with Gasteiger partial charge in [-0.05, 0) is 30.5 Å². The third kappa shape index (κ3) is 4.96. The number of benzene rings is 1. The van der Waals surface area contributed by atoms with Gasteiger partial charge in [0.05, 0.1) is 6.54 Å². The minimum absolute atomic E-state index is 0.171. The molecule has 0 saturated heterocycles. The maximum absolute atomic E-state index is 11.2. The zero-order valence-electron chi connectivity index (χ0n) is 11.1. The molecule has 0 aliphatic rings. The number of rotatable bonds is 6. The first-order valence-electron chi connectivity index (χ1n) is 6.15. The quantitative estimate of drug-likeness (QED) is 0.637. The van der Waals surface area contributed by atoms with Gasteiger partial charge in [0.1, 0.15) is 17.7 Å². The van der Waals surface area contributed by atoms with Crippen molar-refractivity contribution >= 4 is 17.5 Å². The summed E-state index contributed by atoms with van der Waals surface area (Å²) in [5, 5.41) is 2.18. The molecule has 0 fully saturated rings. The van der Waals surface area contributed by atoms with Crippen molar-refractivity contribution in [1.29, 1.82) is 0 Å². The lowest BCUT2D eigenvalue weighted by Crippen LogP contribution is -2.32. The number of hydrogen-bond donors (Lipinski definition) is 1. The SMILES string of the molecule is CC(Cl)C(=O)NCCOc1ccc(C(C)C)cc1. The molecule has 1 unspecified atom stereocenters. The van der Waals surface area contributed by atoms with E-state index in [0.717, 1.165) is 5.75 Å². The van der Waals surface area contributed by atoms with Gasteiger partial charge in [-0.3, -0.25) is 4.79 Å². The Morgan fingerprint density at radius 1 is 1.28 bits per heavy atom. The number of amides is 1. The summed E-state index contributed by atoms with van der Waals surface area (Å²) in [7, 11) is 0. The zero-order valence-corrected chi connectivity index (χ0v) is 11.8. The average Bonchev–Trinajstić information content (AvgIpc) is 2.34. The molecule has 0 radical (unpaired) electrons. The molecule has 0 aromatic heterocycles. The standard InChI is InChI=1S/C14H20ClNO2/c1-10(2)12-4-6-13(7-5-12)18-9-8-16-14(17)11(3)15/h4-7,10-11H,8-9H2,1-3H3,(H,16,17). The van der Waals surface area contributed by atoms with E-state index in [4.69, 9.17) is 16.3 Å². The van der Waals surface area contributed by atoms with Gasteiger partial charge in [-0.25, -0.2) is 0 Å². The molecule has 100 valence electrons. The van der Waals surface area contributed by atoms with E-state index in [9.17, 15) is 4.79 Å². The van der Waals surface area contributed by atoms with Gasteiger partial charge in [-0.15, -0.1) is 11.6 Å². The van der Waals surface area contributed by atoms with Gasteiger partial charge in [-0.2, -0.15) is 0 Å². The number of alkyl halides is 1. The van der Waals surface area contributed by atoms with Crippen molar-refractivity contribution in [3.05, 3.63) is 29.8 Å². The second kappa shape index (κ2) is 7.27. The van der Waals surface area contributed by atoms with Crippen LogP contribution in [0.1, 0.15) is 32.3 Å². The van der Waals surface area contributed by atoms with Gasteiger partial charge >= 0.3 is 0 Å². The van der Waals surface area contributed by atoms with Crippen LogP contribution in [0.4, 0.5) is 0 Å². The maximum atomic E-state index is 11.2. The summed E-state index contributed by atoms with van der Waals surface area (Å²) in [6.07, 6.45) is 0. The van der Waals surface area contributed by atoms with E-state index in [-0.39, 0.29) is 5.91 Å². The first-order chi connectivity index (χ1) is 8.50. The highest BCUT2D eigenvalue weighted by molar-refractivity contribution is 6.30. The monoisotopic (exact) mass is 269 g/mol. The van der Waals surface area contributed by atoms with Crippen molar-refractivity contribution in [1.82, 2.24) is 5.32 Å². The second-order valence-corrected chi connectivity index (χ2v) is 5.13. The molecule has 18 heavy (non-hydrogen) atoms. The first kappa shape index (κ1) is 14.8. The fourth-order valence-corrected chi connectivity index (χ4v) is 1.51. The molecular weight excluding hydrogens is 250 g/mol. The van der Waals surface area contributed by atoms with Crippen LogP contribution in [0.2, 0.25) is 0 Å². The van der Waals surface area contributed by atoms with Crippen LogP contribution in [0.15, 0.2) is 24.3 Å². The van der Waals surface area contributed by atoms with Gasteiger partial charge in [0.2, 0.25) is 5.91 Å². The largest absolute Gasteiger partial charge is 0.492 e. The van der Waals surface area contributed by atoms with E-state index >= 15 is 0 Å². The third-order valence-electron chi connectivity index (χ3n) is 2.58. The molecule has 4 heteroatoms. The van der Waals surface area contributed by atoms with E-state index < -0.39 is 5.38 Å². The molecule has 1 atom stereocenters. The highest BCUT2D eigenvalue weighted by Gasteiger charge is 2.07. The van der Waals surface area contributed by atoms with Gasteiger partial charge in [0.25, 0.3) is 0 Å². The number of carbonyl (C=O) groups is 1. The van der Waals surface area contributed by atoms with Crippen molar-refractivity contribution in [2.45, 2.75) is 32.1 Å². The van der Waals surface area contributed by atoms with Crippen molar-refractivity contribution in [3.63, 3.8) is 0 Å². The van der Waals surface area contributed by atoms with Crippen LogP contribution in [-0.4, -0.2) is 24.4 Å². The fraction of sp³-hybridized carbons (Fsp3) is 0.500. The molecule has 0 aliphatic carbocycles. The van der Waals surface area contributed by atoms with E-state index in [2.05, 4.69) is 31.3 Å². The van der Waals surface area contributed by atoms with Gasteiger partial charge in [0.15, 0.2) is 0 Å². The van der Waals surface area contributed by atoms with Crippen LogP contribution in [0, 0.1) is 0 Å². The van der Waals surface area contributed by atoms with E-state index in [1.807, 2.05) is 12.1 Å². The van der Waals surface area contributed by atoms with Crippen molar-refractivity contribution in [2.24, 2.45) is 0 Å². The Morgan fingerprint density at radius 2 is 1.89 bits per heavy atom. The number of halogens is 1. The van der Waals surface area contributed by atoms with Crippen molar-refractivity contribution < 1.29 is 9.53 Å². The molecule has 0 bridgehead atoms. The fourth-order valence-electron chi connectivity index (χ4n) is 1.43. The summed E-state index contributed by atoms with van der Waals surface area (Å²) in [5.41, 5.74) is 1.28. The van der Waals surface area contributed by atoms with E-state index in [0.29, 0.717) is 19.1 Å². The Labute approximate surface area is 113 Å². The zero-order chi connectivity index (χ0) is 13.5. The molecule has 1 N–H and O–H groups in total. The van der Waals surface area contributed by atoms with Crippen molar-refractivity contribution in [3.8, 4) is 5.75 Å². The number of hydrogen-bond acceptors (Lipinski definition) is 2. The lowest BCUT2D eigenvalue weighted by molar-refractivity contribution is -0.120. The molecule has 1 aromatic rings. The van der Waals surface area contributed by atoms with Crippen LogP contribution < -0.4 is 10.1 Å². The summed E-state index contributed by atoms with van der Waals surface area (Å²) in [6.45, 7) is 6.85. The highest BCUT2D eigenvalue weighted by Crippen LogP contribution is 2.18. The molecule has 0 saturated carbocycles. The molecule has 0 aliphatic heterocycles. The Hall–Kier alpha value is -1.22. The molecule has 3 nitrogen and oxygen atoms in total. The highest BCUT2D eigenvalue weighted by atomic mass is 35.5. The van der Waals surface area contributed by atoms with E-state index in [1.165, 1.54) is 5.56 Å². The first-order valence-corrected chi connectivity index (χ1v) is 6.59. The molecule has 1 aromatic carbocycles. The second-order valence-electron chi connectivity index (χ2n) is 4.48. The Kier molecular flexibility index (Phi) is 5.99. The molecule has 0 spiro atoms. The molecular formula is C14H20ClNO2. The summed E-state index contributed by atoms with van der Waals surface area (Å²) in [6, 6.07) is 8.00. The maximum Gasteiger partial charge on any atom is 0.237 e. The summed E-state index contributed by atoms with van der Waals surface area (Å²) in [5.74, 6) is 1.16. The molecule has 1 amide bonds. The number of nitrogens with one attached hydrogen (secondary N) is 1. The third-order valence-corrected chi connectivity index (χ3v) is 2.78. The lowest BCUT2D eigenvalue weighted by atomic mass is 10.0. The Morgan fingerprint density at radius 3 is 2.39 bits per heavy atom. The topological polar surface area (TPSA) is 38.3 Å². The van der Waals surface area contributed by atoms with Crippen molar-refractivity contribution in [2.75, 3.05) is 13.2 Å². The Bertz CT molecular complexity index is 374. The van der Waals surface area contributed by atoms with Crippen LogP contribution in [0.25, 0.3) is 0 Å². The van der Waals surface area contributed by atoms with Crippen LogP contribution in [0.3, 0.4) is 0 Å². The summed E-state index contributed by atoms with van der Waals surface area (Å²) >= 11 is 5.62. The van der Waals surface area contributed by atoms with Gasteiger partial charge in [-0.1, -0.05) is 26.0 Å². The number of carbonyl (C=O) groups excluding carboxylic acids is 1. The lowest BCUT2D eigenvalue weighted by Gasteiger charge is -2.10. The van der Waals surface area contributed by atoms with E-state index in [1.54, 1.807) is 6.92 Å². The molecule has 0 heterocycles. The van der Waals surface area contributed by atoms with Gasteiger partial charge in [0, 0.05) is 0 Å².